The summed E-state index contributed by atoms with van der Waals surface area (Å²) in [7, 11) is 0. The van der Waals surface area contributed by atoms with Gasteiger partial charge >= 0.3 is 24.3 Å². The molecule has 1 aliphatic carbocycles. The van der Waals surface area contributed by atoms with Crippen LogP contribution in [0.15, 0.2) is 5.11 Å². The zero-order chi connectivity index (χ0) is 44.8. The van der Waals surface area contributed by atoms with Crippen LogP contribution in [0, 0.1) is 0 Å². The number of hydrogen-bond donors (Lipinski definition) is 11. The molecule has 24 nitrogen and oxygen atoms in total. The van der Waals surface area contributed by atoms with Gasteiger partial charge in [-0.05, 0) is 53.5 Å². The first kappa shape index (κ1) is 49.5. The molecule has 0 aromatic rings. The standard InChI is InChI=1S/C32H52F3N7O17/c1-30(2,3)58-28(52)37-8-13-18(46)20(48)21(49)26(54-13)57-24-12(40-29(53)59-31(4,5)6)7-11(39-15(44)9-38-42-36)23(22(24)50)56-25-19(47)16(17(45)14(10-43)55-25)41-27(51)32(33,34)35/h11-14,16-26,43,45-50H,7-10H2,1-6H3,(H,37,52)(H,39,44)(H,40,53)(H,41,51)/t11-,12?,13?,14?,16?,17-,18-,19-,20+,21?,22-,23?,24-,25-,26-/m1/s1. The molecule has 0 spiro atoms. The molecule has 6 unspecified atom stereocenters. The predicted octanol–water partition coefficient (Wildman–Crippen LogP) is -2.97. The van der Waals surface area contributed by atoms with Crippen molar-refractivity contribution in [3.63, 3.8) is 0 Å². The molecule has 2 saturated heterocycles. The van der Waals surface area contributed by atoms with Crippen molar-refractivity contribution in [3.8, 4) is 0 Å². The van der Waals surface area contributed by atoms with Gasteiger partial charge < -0.3 is 85.4 Å². The number of alkyl halides is 3. The number of carbonyl (C=O) groups excluding carboxylic acids is 4. The summed E-state index contributed by atoms with van der Waals surface area (Å²) >= 11 is 0. The van der Waals surface area contributed by atoms with Gasteiger partial charge in [-0.15, -0.1) is 0 Å². The van der Waals surface area contributed by atoms with E-state index in [4.69, 9.17) is 34.0 Å². The lowest BCUT2D eigenvalue weighted by atomic mass is 9.83. The number of rotatable bonds is 12. The zero-order valence-electron chi connectivity index (χ0n) is 32.7. The van der Waals surface area contributed by atoms with Crippen LogP contribution in [0.3, 0.4) is 0 Å². The van der Waals surface area contributed by atoms with E-state index in [2.05, 4.69) is 26.0 Å². The monoisotopic (exact) mass is 863 g/mol. The number of azide groups is 1. The van der Waals surface area contributed by atoms with Gasteiger partial charge in [-0.25, -0.2) is 9.59 Å². The Morgan fingerprint density at radius 2 is 1.25 bits per heavy atom. The molecule has 2 heterocycles. The highest BCUT2D eigenvalue weighted by atomic mass is 19.4. The third-order valence-corrected chi connectivity index (χ3v) is 8.84. The Morgan fingerprint density at radius 1 is 0.729 bits per heavy atom. The summed E-state index contributed by atoms with van der Waals surface area (Å²) in [4.78, 5) is 52.5. The van der Waals surface area contributed by atoms with Gasteiger partial charge in [0.25, 0.3) is 0 Å². The van der Waals surface area contributed by atoms with Crippen LogP contribution >= 0.6 is 0 Å². The van der Waals surface area contributed by atoms with Crippen molar-refractivity contribution in [2.24, 2.45) is 5.11 Å². The van der Waals surface area contributed by atoms with Gasteiger partial charge in [-0.1, -0.05) is 5.11 Å². The average Bonchev–Trinajstić information content (AvgIpc) is 3.10. The van der Waals surface area contributed by atoms with Crippen molar-refractivity contribution in [2.75, 3.05) is 19.7 Å². The van der Waals surface area contributed by atoms with Gasteiger partial charge in [0.2, 0.25) is 5.91 Å². The van der Waals surface area contributed by atoms with Crippen LogP contribution in [0.5, 0.6) is 0 Å². The second-order valence-electron chi connectivity index (χ2n) is 15.8. The molecule has 338 valence electrons. The molecule has 11 N–H and O–H groups in total. The first-order valence-corrected chi connectivity index (χ1v) is 18.1. The molecule has 27 heteroatoms. The lowest BCUT2D eigenvalue weighted by Crippen LogP contribution is -2.71. The van der Waals surface area contributed by atoms with Crippen molar-refractivity contribution < 1.29 is 96.5 Å². The van der Waals surface area contributed by atoms with Crippen LogP contribution < -0.4 is 21.3 Å². The minimum Gasteiger partial charge on any atom is -0.444 e. The molecular formula is C32H52F3N7O17. The number of halogens is 3. The summed E-state index contributed by atoms with van der Waals surface area (Å²) in [5.41, 5.74) is 6.70. The van der Waals surface area contributed by atoms with E-state index in [1.54, 1.807) is 20.8 Å². The number of nitrogens with one attached hydrogen (secondary N) is 4. The first-order valence-electron chi connectivity index (χ1n) is 18.1. The van der Waals surface area contributed by atoms with Gasteiger partial charge in [0.1, 0.15) is 78.8 Å². The van der Waals surface area contributed by atoms with Crippen molar-refractivity contribution >= 4 is 24.0 Å². The molecule has 3 fully saturated rings. The number of alkyl carbamates (subject to hydrolysis) is 2. The molecule has 3 rings (SSSR count). The highest BCUT2D eigenvalue weighted by Gasteiger charge is 2.55. The molecular weight excluding hydrogens is 811 g/mol. The Bertz CT molecular complexity index is 1510. The van der Waals surface area contributed by atoms with Gasteiger partial charge in [0, 0.05) is 11.5 Å². The summed E-state index contributed by atoms with van der Waals surface area (Å²) in [6.45, 7) is 6.81. The van der Waals surface area contributed by atoms with Crippen LogP contribution in [-0.2, 0) is 38.0 Å². The zero-order valence-corrected chi connectivity index (χ0v) is 32.7. The van der Waals surface area contributed by atoms with Gasteiger partial charge in [0.15, 0.2) is 12.6 Å². The van der Waals surface area contributed by atoms with Crippen LogP contribution in [0.25, 0.3) is 10.4 Å². The first-order chi connectivity index (χ1) is 27.2. The lowest BCUT2D eigenvalue weighted by Gasteiger charge is -2.49. The van der Waals surface area contributed by atoms with Gasteiger partial charge in [-0.2, -0.15) is 13.2 Å². The third kappa shape index (κ3) is 13.8. The van der Waals surface area contributed by atoms with Gasteiger partial charge in [0.05, 0.1) is 24.7 Å². The molecule has 2 aliphatic heterocycles. The third-order valence-electron chi connectivity index (χ3n) is 8.84. The topological polar surface area (TPSA) is 362 Å². The molecule has 59 heavy (non-hydrogen) atoms. The largest absolute Gasteiger partial charge is 0.471 e. The summed E-state index contributed by atoms with van der Waals surface area (Å²) in [6.07, 6.45) is -32.1. The van der Waals surface area contributed by atoms with E-state index < -0.39 is 159 Å². The fourth-order valence-electron chi connectivity index (χ4n) is 6.25. The highest BCUT2D eigenvalue weighted by molar-refractivity contribution is 5.82. The fraction of sp³-hybridized carbons (Fsp3) is 0.875. The summed E-state index contributed by atoms with van der Waals surface area (Å²) in [5.74, 6) is -3.60. The maximum atomic E-state index is 13.2. The van der Waals surface area contributed by atoms with E-state index >= 15 is 0 Å². The number of nitrogens with zero attached hydrogens (tertiary/aromatic N) is 3. The lowest BCUT2D eigenvalue weighted by molar-refractivity contribution is -0.334. The predicted molar refractivity (Wildman–Crippen MR) is 186 cm³/mol. The second kappa shape index (κ2) is 20.1. The van der Waals surface area contributed by atoms with Crippen LogP contribution in [-0.4, -0.2) is 189 Å². The van der Waals surface area contributed by atoms with Crippen molar-refractivity contribution in [1.82, 2.24) is 21.3 Å². The quantitative estimate of drug-likeness (QED) is 0.0530. The number of ether oxygens (including phenoxy) is 6. The SMILES string of the molecule is CC(C)(C)OC(=O)NCC1O[C@H](O[C@@H]2C(NC(=O)OC(C)(C)C)C[C@@H](NC(=O)CN=[N+]=[N-])C(O[C@H]3OC(CO)[C@@H](O)C(NC(=O)C(F)(F)F)[C@H]3O)[C@H]2O)C(O)[C@@H](O)[C@@H]1O. The van der Waals surface area contributed by atoms with Crippen molar-refractivity contribution in [3.05, 3.63) is 10.4 Å². The Hall–Kier alpha value is -3.86. The average molecular weight is 864 g/mol. The molecule has 4 amide bonds. The molecule has 1 saturated carbocycles. The van der Waals surface area contributed by atoms with E-state index in [1.165, 1.54) is 26.1 Å². The van der Waals surface area contributed by atoms with Gasteiger partial charge in [-0.3, -0.25) is 9.59 Å². The summed E-state index contributed by atoms with van der Waals surface area (Å²) in [6, 6.07) is -5.22. The van der Waals surface area contributed by atoms with E-state index in [0.29, 0.717) is 0 Å². The molecule has 3 aliphatic rings. The van der Waals surface area contributed by atoms with E-state index in [-0.39, 0.29) is 0 Å². The Labute approximate surface area is 334 Å². The van der Waals surface area contributed by atoms with Crippen LogP contribution in [0.1, 0.15) is 48.0 Å². The maximum absolute atomic E-state index is 13.2. The minimum absolute atomic E-state index is 0.529. The van der Waals surface area contributed by atoms with E-state index in [0.717, 1.165) is 0 Å². The second-order valence-corrected chi connectivity index (χ2v) is 15.8. The number of carbonyl (C=O) groups is 4. The molecule has 0 bridgehead atoms. The Kier molecular flexibility index (Phi) is 16.9. The van der Waals surface area contributed by atoms with E-state index in [9.17, 15) is 68.1 Å². The van der Waals surface area contributed by atoms with Crippen molar-refractivity contribution in [1.29, 1.82) is 0 Å². The molecule has 15 atom stereocenters. The maximum Gasteiger partial charge on any atom is 0.471 e. The minimum atomic E-state index is -5.50. The normalized spacial score (nSPS) is 35.4. The molecule has 0 aromatic heterocycles. The smallest absolute Gasteiger partial charge is 0.444 e. The number of aliphatic hydroxyl groups is 7. The molecule has 0 aromatic carbocycles. The number of aliphatic hydroxyl groups excluding tert-OH is 7. The molecule has 0 radical (unpaired) electrons. The number of hydrogen-bond acceptors (Lipinski definition) is 18. The Morgan fingerprint density at radius 3 is 1.78 bits per heavy atom. The van der Waals surface area contributed by atoms with Crippen LogP contribution in [0.4, 0.5) is 22.8 Å². The summed E-state index contributed by atoms with van der Waals surface area (Å²) < 4.78 is 72.9. The van der Waals surface area contributed by atoms with Crippen molar-refractivity contribution in [2.45, 2.75) is 157 Å². The highest BCUT2D eigenvalue weighted by Crippen LogP contribution is 2.33. The summed E-state index contributed by atoms with van der Waals surface area (Å²) in [5, 5.41) is 87.4. The Balaban J connectivity index is 2.04. The van der Waals surface area contributed by atoms with Crippen LogP contribution in [0.2, 0.25) is 0 Å². The number of amides is 4. The fourth-order valence-corrected chi connectivity index (χ4v) is 6.25. The van der Waals surface area contributed by atoms with E-state index in [1.807, 2.05) is 0 Å².